The number of hydrogen-bond acceptors (Lipinski definition) is 12. The van der Waals surface area contributed by atoms with Gasteiger partial charge in [0.1, 0.15) is 35.6 Å². The number of rotatable bonds is 17. The van der Waals surface area contributed by atoms with Gasteiger partial charge in [0.2, 0.25) is 0 Å². The molecule has 15 nitrogen and oxygen atoms in total. The second-order valence-electron chi connectivity index (χ2n) is 14.6. The van der Waals surface area contributed by atoms with Gasteiger partial charge in [-0.1, -0.05) is 72.8 Å². The van der Waals surface area contributed by atoms with Crippen LogP contribution < -0.4 is 14.4 Å². The van der Waals surface area contributed by atoms with Gasteiger partial charge < -0.3 is 33.5 Å². The fraction of sp³-hybridized carbons (Fsp3) is 0.304. The Labute approximate surface area is 352 Å². The molecular weight excluding hydrogens is 783 g/mol. The zero-order chi connectivity index (χ0) is 43.1. The molecule has 2 aromatic heterocycles. The van der Waals surface area contributed by atoms with Crippen molar-refractivity contribution in [3.63, 3.8) is 0 Å². The summed E-state index contributed by atoms with van der Waals surface area (Å²) in [6.07, 6.45) is -1.97. The monoisotopic (exact) mass is 829 g/mol. The molecule has 4 atom stereocenters. The molecule has 1 amide bonds. The van der Waals surface area contributed by atoms with Crippen molar-refractivity contribution < 1.29 is 47.9 Å². The zero-order valence-electron chi connectivity index (χ0n) is 34.4. The number of carboxylic acids is 1. The molecule has 4 aromatic carbocycles. The number of carboxylic acid groups (broad SMARTS) is 1. The van der Waals surface area contributed by atoms with Crippen LogP contribution in [0.25, 0.3) is 11.2 Å². The Morgan fingerprint density at radius 2 is 1.36 bits per heavy atom. The third-order valence-corrected chi connectivity index (χ3v) is 10.6. The minimum absolute atomic E-state index is 0.153. The molecule has 0 spiro atoms. The molecule has 1 aliphatic rings. The molecule has 0 bridgehead atoms. The Hall–Kier alpha value is -6.68. The summed E-state index contributed by atoms with van der Waals surface area (Å²) in [6.45, 7) is 3.61. The van der Waals surface area contributed by atoms with Crippen molar-refractivity contribution in [3.8, 4) is 11.5 Å². The molecule has 6 aromatic rings. The number of methoxy groups -OCH3 is 3. The van der Waals surface area contributed by atoms with E-state index in [4.69, 9.17) is 28.4 Å². The summed E-state index contributed by atoms with van der Waals surface area (Å²) in [5.41, 5.74) is 2.21. The van der Waals surface area contributed by atoms with E-state index in [1.165, 1.54) is 19.8 Å². The topological polar surface area (TPSA) is 174 Å². The summed E-state index contributed by atoms with van der Waals surface area (Å²) in [7, 11) is 4.65. The lowest BCUT2D eigenvalue weighted by Gasteiger charge is -2.37. The highest BCUT2D eigenvalue weighted by molar-refractivity contribution is 6.08. The molecule has 15 heteroatoms. The number of ether oxygens (including phenoxy) is 6. The highest BCUT2D eigenvalue weighted by Crippen LogP contribution is 2.44. The van der Waals surface area contributed by atoms with Crippen molar-refractivity contribution in [2.75, 3.05) is 32.8 Å². The molecule has 1 N–H and O–H groups in total. The maximum Gasteiger partial charge on any atom is 0.306 e. The summed E-state index contributed by atoms with van der Waals surface area (Å²) in [6, 6.07) is 33.4. The van der Waals surface area contributed by atoms with Crippen LogP contribution in [0.5, 0.6) is 11.5 Å². The largest absolute Gasteiger partial charge is 0.497 e. The smallest absolute Gasteiger partial charge is 0.306 e. The van der Waals surface area contributed by atoms with Crippen molar-refractivity contribution in [2.45, 2.75) is 62.9 Å². The maximum absolute atomic E-state index is 13.9. The fourth-order valence-corrected chi connectivity index (χ4v) is 7.66. The van der Waals surface area contributed by atoms with Crippen LogP contribution >= 0.6 is 0 Å². The number of amides is 1. The van der Waals surface area contributed by atoms with Gasteiger partial charge in [-0.2, -0.15) is 0 Å². The Morgan fingerprint density at radius 3 is 1.92 bits per heavy atom. The van der Waals surface area contributed by atoms with Crippen molar-refractivity contribution in [1.29, 1.82) is 0 Å². The number of benzene rings is 4. The quantitative estimate of drug-likeness (QED) is 0.0771. The van der Waals surface area contributed by atoms with E-state index < -0.39 is 48.5 Å². The standard InChI is InChI=1S/C46H47N5O10/c1-29(2)51(44(55)30-12-8-6-9-13-30)43-39-42(47-27-48-43)50(28-49-39)45-41(58-5)40(61-38(54)25-24-37(52)53)36(60-45)26-59-46(31-14-10-7-11-15-31,32-16-20-34(56-3)21-17-32)33-18-22-35(57-4)23-19-33/h6-23,27-29,36,40-41,45H,24-26H2,1-5H3,(H,52,53)/t36-,40?,41?,45-/m1/s1. The Morgan fingerprint density at radius 1 is 0.770 bits per heavy atom. The van der Waals surface area contributed by atoms with Crippen LogP contribution in [0.4, 0.5) is 5.82 Å². The van der Waals surface area contributed by atoms with E-state index in [0.29, 0.717) is 34.0 Å². The molecule has 1 saturated heterocycles. The SMILES string of the molecule is COc1ccc(C(OC[C@H]2O[C@@H](n3cnc4c(N(C(=O)c5ccccc5)C(C)C)ncnc43)C(OC)C2OC(=O)CCC(=O)O)(c2ccccc2)c2ccc(OC)cc2)cc1. The van der Waals surface area contributed by atoms with Crippen LogP contribution in [-0.2, 0) is 34.1 Å². The third-order valence-electron chi connectivity index (χ3n) is 10.6. The van der Waals surface area contributed by atoms with Gasteiger partial charge in [0.05, 0.1) is 40.0 Å². The second kappa shape index (κ2) is 18.7. The molecular formula is C46H47N5O10. The molecule has 0 aliphatic carbocycles. The lowest BCUT2D eigenvalue weighted by atomic mass is 9.80. The number of carbonyl (C=O) groups excluding carboxylic acids is 2. The first-order chi connectivity index (χ1) is 29.6. The number of esters is 1. The number of aliphatic carboxylic acids is 1. The average molecular weight is 830 g/mol. The van der Waals surface area contributed by atoms with Gasteiger partial charge in [0, 0.05) is 18.7 Å². The highest BCUT2D eigenvalue weighted by atomic mass is 16.6. The van der Waals surface area contributed by atoms with Crippen molar-refractivity contribution in [2.24, 2.45) is 0 Å². The van der Waals surface area contributed by atoms with E-state index in [9.17, 15) is 19.5 Å². The number of hydrogen-bond donors (Lipinski definition) is 1. The summed E-state index contributed by atoms with van der Waals surface area (Å²) >= 11 is 0. The first-order valence-corrected chi connectivity index (χ1v) is 19.7. The second-order valence-corrected chi connectivity index (χ2v) is 14.6. The molecule has 0 radical (unpaired) electrons. The van der Waals surface area contributed by atoms with Crippen LogP contribution in [0.1, 0.15) is 60.0 Å². The molecule has 2 unspecified atom stereocenters. The van der Waals surface area contributed by atoms with Crippen molar-refractivity contribution in [1.82, 2.24) is 19.5 Å². The number of fused-ring (bicyclic) bond motifs is 1. The van der Waals surface area contributed by atoms with Crippen LogP contribution in [-0.4, -0.2) is 94.8 Å². The van der Waals surface area contributed by atoms with Crippen LogP contribution in [0.2, 0.25) is 0 Å². The summed E-state index contributed by atoms with van der Waals surface area (Å²) in [5.74, 6) is -0.566. The lowest BCUT2D eigenvalue weighted by molar-refractivity contribution is -0.161. The minimum atomic E-state index is -1.25. The van der Waals surface area contributed by atoms with Gasteiger partial charge >= 0.3 is 11.9 Å². The first-order valence-electron chi connectivity index (χ1n) is 19.7. The van der Waals surface area contributed by atoms with Gasteiger partial charge in [-0.3, -0.25) is 23.9 Å². The number of imidazole rings is 1. The lowest BCUT2D eigenvalue weighted by Crippen LogP contribution is -2.42. The van der Waals surface area contributed by atoms with E-state index in [1.807, 2.05) is 98.8 Å². The molecule has 61 heavy (non-hydrogen) atoms. The zero-order valence-corrected chi connectivity index (χ0v) is 34.4. The molecule has 1 aliphatic heterocycles. The summed E-state index contributed by atoms with van der Waals surface area (Å²) in [5, 5.41) is 9.36. The highest BCUT2D eigenvalue weighted by Gasteiger charge is 2.51. The van der Waals surface area contributed by atoms with E-state index >= 15 is 0 Å². The summed E-state index contributed by atoms with van der Waals surface area (Å²) < 4.78 is 38.7. The predicted octanol–water partition coefficient (Wildman–Crippen LogP) is 6.60. The van der Waals surface area contributed by atoms with Crippen LogP contribution in [0.15, 0.2) is 122 Å². The van der Waals surface area contributed by atoms with Gasteiger partial charge in [-0.25, -0.2) is 15.0 Å². The Bertz CT molecular complexity index is 2380. The van der Waals surface area contributed by atoms with Gasteiger partial charge in [0.25, 0.3) is 5.91 Å². The van der Waals surface area contributed by atoms with E-state index in [-0.39, 0.29) is 25.0 Å². The average Bonchev–Trinajstić information content (AvgIpc) is 3.88. The normalized spacial score (nSPS) is 17.6. The van der Waals surface area contributed by atoms with Crippen molar-refractivity contribution in [3.05, 3.63) is 144 Å². The van der Waals surface area contributed by atoms with Gasteiger partial charge in [-0.05, 0) is 66.9 Å². The Balaban J connectivity index is 1.30. The number of anilines is 1. The number of aromatic nitrogens is 4. The van der Waals surface area contributed by atoms with Crippen LogP contribution in [0, 0.1) is 0 Å². The fourth-order valence-electron chi connectivity index (χ4n) is 7.66. The van der Waals surface area contributed by atoms with E-state index in [2.05, 4.69) is 15.0 Å². The van der Waals surface area contributed by atoms with Gasteiger partial charge in [-0.15, -0.1) is 0 Å². The maximum atomic E-state index is 13.9. The molecule has 316 valence electrons. The first kappa shape index (κ1) is 42.4. The van der Waals surface area contributed by atoms with Gasteiger partial charge in [0.15, 0.2) is 29.3 Å². The van der Waals surface area contributed by atoms with E-state index in [1.54, 1.807) is 48.0 Å². The number of carbonyl (C=O) groups is 3. The predicted molar refractivity (Wildman–Crippen MR) is 223 cm³/mol. The minimum Gasteiger partial charge on any atom is -0.497 e. The van der Waals surface area contributed by atoms with E-state index in [0.717, 1.165) is 16.7 Å². The number of nitrogens with zero attached hydrogens (tertiary/aromatic N) is 5. The summed E-state index contributed by atoms with van der Waals surface area (Å²) in [4.78, 5) is 54.0. The third kappa shape index (κ3) is 8.66. The molecule has 1 fully saturated rings. The Kier molecular flexibility index (Phi) is 13.0. The molecule has 0 saturated carbocycles. The van der Waals surface area contributed by atoms with Crippen LogP contribution in [0.3, 0.4) is 0 Å². The van der Waals surface area contributed by atoms with Crippen molar-refractivity contribution >= 4 is 34.8 Å². The molecule has 3 heterocycles. The molecule has 7 rings (SSSR count).